The summed E-state index contributed by atoms with van der Waals surface area (Å²) in [5, 5.41) is 21.9. The predicted octanol–water partition coefficient (Wildman–Crippen LogP) is 3.44. The molecule has 2 heterocycles. The van der Waals surface area contributed by atoms with E-state index in [1.54, 1.807) is 0 Å². The average molecular weight is 422 g/mol. The van der Waals surface area contributed by atoms with Crippen LogP contribution in [0.2, 0.25) is 0 Å². The Kier molecular flexibility index (Phi) is 7.12. The van der Waals surface area contributed by atoms with Crippen LogP contribution >= 0.6 is 0 Å². The van der Waals surface area contributed by atoms with Gasteiger partial charge in [-0.2, -0.15) is 0 Å². The Morgan fingerprint density at radius 2 is 1.84 bits per heavy atom. The Morgan fingerprint density at radius 1 is 1.10 bits per heavy atom. The van der Waals surface area contributed by atoms with Gasteiger partial charge in [0.25, 0.3) is 0 Å². The molecule has 0 bridgehead atoms. The standard InChI is InChI=1S/C25H31N3O3/c1-18-26-14-21(15-27-18)25-23-5-3-2-4-20(23)6-7-24(25)31-17-22(30)16-28-11-8-19(9-12-28)10-13-29/h2-7,14-15,19,22,29-30H,8-13,16-17H2,1H3. The molecule has 1 atom stereocenters. The van der Waals surface area contributed by atoms with Gasteiger partial charge in [0.05, 0.1) is 0 Å². The van der Waals surface area contributed by atoms with Crippen molar-refractivity contribution in [3.8, 4) is 16.9 Å². The van der Waals surface area contributed by atoms with E-state index in [4.69, 9.17) is 9.84 Å². The van der Waals surface area contributed by atoms with Crippen LogP contribution in [0.15, 0.2) is 48.8 Å². The minimum atomic E-state index is -0.567. The summed E-state index contributed by atoms with van der Waals surface area (Å²) >= 11 is 0. The number of aryl methyl sites for hydroxylation is 1. The predicted molar refractivity (Wildman–Crippen MR) is 122 cm³/mol. The van der Waals surface area contributed by atoms with Crippen molar-refractivity contribution in [1.29, 1.82) is 0 Å². The number of hydrogen-bond acceptors (Lipinski definition) is 6. The van der Waals surface area contributed by atoms with Crippen LogP contribution in [0.4, 0.5) is 0 Å². The maximum atomic E-state index is 10.6. The van der Waals surface area contributed by atoms with Crippen molar-refractivity contribution < 1.29 is 14.9 Å². The average Bonchev–Trinajstić information content (AvgIpc) is 2.79. The SMILES string of the molecule is Cc1ncc(-c2c(OCC(O)CN3CCC(CCO)CC3)ccc3ccccc23)cn1. The summed E-state index contributed by atoms with van der Waals surface area (Å²) in [7, 11) is 0. The van der Waals surface area contributed by atoms with Crippen molar-refractivity contribution in [2.75, 3.05) is 32.8 Å². The second-order valence-electron chi connectivity index (χ2n) is 8.40. The van der Waals surface area contributed by atoms with E-state index in [2.05, 4.69) is 27.0 Å². The minimum Gasteiger partial charge on any atom is -0.490 e. The van der Waals surface area contributed by atoms with Crippen molar-refractivity contribution in [1.82, 2.24) is 14.9 Å². The number of fused-ring (bicyclic) bond motifs is 1. The van der Waals surface area contributed by atoms with Gasteiger partial charge < -0.3 is 19.8 Å². The molecule has 164 valence electrons. The highest BCUT2D eigenvalue weighted by atomic mass is 16.5. The first kappa shape index (κ1) is 21.7. The fourth-order valence-corrected chi connectivity index (χ4v) is 4.37. The summed E-state index contributed by atoms with van der Waals surface area (Å²) in [5.41, 5.74) is 1.85. The van der Waals surface area contributed by atoms with Crippen molar-refractivity contribution in [2.45, 2.75) is 32.3 Å². The Labute approximate surface area is 183 Å². The summed E-state index contributed by atoms with van der Waals surface area (Å²) < 4.78 is 6.13. The molecule has 3 aromatic rings. The van der Waals surface area contributed by atoms with Crippen molar-refractivity contribution >= 4 is 10.8 Å². The molecule has 4 rings (SSSR count). The molecule has 0 radical (unpaired) electrons. The van der Waals surface area contributed by atoms with Gasteiger partial charge in [-0.3, -0.25) is 0 Å². The van der Waals surface area contributed by atoms with Gasteiger partial charge in [-0.1, -0.05) is 30.3 Å². The third-order valence-corrected chi connectivity index (χ3v) is 6.11. The minimum absolute atomic E-state index is 0.231. The van der Waals surface area contributed by atoms with Crippen LogP contribution in [0.25, 0.3) is 21.9 Å². The molecule has 1 aliphatic rings. The second-order valence-corrected chi connectivity index (χ2v) is 8.40. The van der Waals surface area contributed by atoms with E-state index in [9.17, 15) is 5.11 Å². The number of ether oxygens (including phenoxy) is 1. The van der Waals surface area contributed by atoms with E-state index in [1.165, 1.54) is 0 Å². The van der Waals surface area contributed by atoms with E-state index < -0.39 is 6.10 Å². The van der Waals surface area contributed by atoms with Crippen LogP contribution in [-0.2, 0) is 0 Å². The van der Waals surface area contributed by atoms with Crippen LogP contribution in [0.5, 0.6) is 5.75 Å². The van der Waals surface area contributed by atoms with Gasteiger partial charge >= 0.3 is 0 Å². The van der Waals surface area contributed by atoms with Crippen molar-refractivity contribution in [2.24, 2.45) is 5.92 Å². The number of benzene rings is 2. The third kappa shape index (κ3) is 5.39. The highest BCUT2D eigenvalue weighted by molar-refractivity contribution is 5.99. The molecule has 6 nitrogen and oxygen atoms in total. The molecule has 1 aromatic heterocycles. The van der Waals surface area contributed by atoms with Gasteiger partial charge in [0.15, 0.2) is 0 Å². The number of likely N-dealkylation sites (tertiary alicyclic amines) is 1. The fraction of sp³-hybridized carbons (Fsp3) is 0.440. The molecule has 6 heteroatoms. The lowest BCUT2D eigenvalue weighted by molar-refractivity contribution is 0.0530. The molecule has 0 spiro atoms. The lowest BCUT2D eigenvalue weighted by atomic mass is 9.94. The number of rotatable bonds is 8. The van der Waals surface area contributed by atoms with Gasteiger partial charge in [-0.25, -0.2) is 9.97 Å². The topological polar surface area (TPSA) is 78.7 Å². The molecule has 1 saturated heterocycles. The van der Waals surface area contributed by atoms with Crippen LogP contribution < -0.4 is 4.74 Å². The van der Waals surface area contributed by atoms with E-state index in [0.717, 1.165) is 65.8 Å². The monoisotopic (exact) mass is 421 g/mol. The maximum absolute atomic E-state index is 10.6. The molecule has 1 aliphatic heterocycles. The zero-order valence-corrected chi connectivity index (χ0v) is 18.1. The Hall–Kier alpha value is -2.54. The summed E-state index contributed by atoms with van der Waals surface area (Å²) in [5.74, 6) is 2.06. The Bertz CT molecular complexity index is 985. The molecule has 2 N–H and O–H groups in total. The number of hydrogen-bond donors (Lipinski definition) is 2. The summed E-state index contributed by atoms with van der Waals surface area (Å²) in [6.45, 7) is 4.89. The quantitative estimate of drug-likeness (QED) is 0.580. The molecular weight excluding hydrogens is 390 g/mol. The summed E-state index contributed by atoms with van der Waals surface area (Å²) in [6, 6.07) is 12.2. The smallest absolute Gasteiger partial charge is 0.128 e. The number of nitrogens with zero attached hydrogens (tertiary/aromatic N) is 3. The molecule has 0 saturated carbocycles. The molecule has 2 aromatic carbocycles. The number of piperidine rings is 1. The molecule has 31 heavy (non-hydrogen) atoms. The van der Waals surface area contributed by atoms with E-state index in [0.29, 0.717) is 12.5 Å². The van der Waals surface area contributed by atoms with Crippen LogP contribution in [0.3, 0.4) is 0 Å². The number of β-amino-alcohol motifs (C(OH)–C–C–N with tert-alkyl or cyclic N) is 1. The fourth-order valence-electron chi connectivity index (χ4n) is 4.37. The largest absolute Gasteiger partial charge is 0.490 e. The molecule has 0 aliphatic carbocycles. The van der Waals surface area contributed by atoms with Crippen molar-refractivity contribution in [3.05, 3.63) is 54.6 Å². The highest BCUT2D eigenvalue weighted by Gasteiger charge is 2.21. The van der Waals surface area contributed by atoms with Gasteiger partial charge in [-0.15, -0.1) is 0 Å². The normalized spacial score (nSPS) is 16.5. The molecule has 0 amide bonds. The van der Waals surface area contributed by atoms with Crippen LogP contribution in [0, 0.1) is 12.8 Å². The van der Waals surface area contributed by atoms with Crippen LogP contribution in [0.1, 0.15) is 25.1 Å². The second kappa shape index (κ2) is 10.2. The van der Waals surface area contributed by atoms with Gasteiger partial charge in [0.2, 0.25) is 0 Å². The first-order valence-corrected chi connectivity index (χ1v) is 11.1. The lowest BCUT2D eigenvalue weighted by Gasteiger charge is -2.32. The molecule has 1 fully saturated rings. The lowest BCUT2D eigenvalue weighted by Crippen LogP contribution is -2.40. The maximum Gasteiger partial charge on any atom is 0.128 e. The first-order valence-electron chi connectivity index (χ1n) is 11.1. The summed E-state index contributed by atoms with van der Waals surface area (Å²) in [6.07, 6.45) is 6.12. The number of aliphatic hydroxyl groups excluding tert-OH is 2. The molecular formula is C25H31N3O3. The Morgan fingerprint density at radius 3 is 2.58 bits per heavy atom. The van der Waals surface area contributed by atoms with Gasteiger partial charge in [0, 0.05) is 36.7 Å². The highest BCUT2D eigenvalue weighted by Crippen LogP contribution is 2.36. The summed E-state index contributed by atoms with van der Waals surface area (Å²) in [4.78, 5) is 11.0. The Balaban J connectivity index is 1.46. The van der Waals surface area contributed by atoms with Gasteiger partial charge in [0.1, 0.15) is 24.3 Å². The van der Waals surface area contributed by atoms with Crippen molar-refractivity contribution in [3.63, 3.8) is 0 Å². The number of aliphatic hydroxyl groups is 2. The number of aromatic nitrogens is 2. The zero-order chi connectivity index (χ0) is 21.6. The third-order valence-electron chi connectivity index (χ3n) is 6.11. The molecule has 1 unspecified atom stereocenters. The van der Waals surface area contributed by atoms with E-state index in [-0.39, 0.29) is 13.2 Å². The van der Waals surface area contributed by atoms with Crippen LogP contribution in [-0.4, -0.2) is 64.0 Å². The zero-order valence-electron chi connectivity index (χ0n) is 18.1. The van der Waals surface area contributed by atoms with Gasteiger partial charge in [-0.05, 0) is 62.0 Å². The van der Waals surface area contributed by atoms with E-state index in [1.807, 2.05) is 43.6 Å². The van der Waals surface area contributed by atoms with E-state index >= 15 is 0 Å². The first-order chi connectivity index (χ1) is 15.1.